The fourth-order valence-corrected chi connectivity index (χ4v) is 2.79. The molecule has 0 saturated heterocycles. The number of rotatable bonds is 6. The van der Waals surface area contributed by atoms with Gasteiger partial charge in [-0.15, -0.1) is 16.8 Å². The largest absolute Gasteiger partial charge is 0.341 e. The number of imide groups is 1. The standard InChI is InChI=1S/C16H19N5O2S/c1-4-8-21-14(12-7-5-6-11(2)9-12)19-20-16(21)24-10-13(22)18-15(23)17-3/h4-7,9H,1,8,10H2,2-3H3,(H2,17,18,22,23). The van der Waals surface area contributed by atoms with E-state index in [1.165, 1.54) is 18.8 Å². The zero-order chi connectivity index (χ0) is 17.5. The molecule has 0 fully saturated rings. The van der Waals surface area contributed by atoms with Gasteiger partial charge >= 0.3 is 6.03 Å². The van der Waals surface area contributed by atoms with Gasteiger partial charge in [0.1, 0.15) is 0 Å². The van der Waals surface area contributed by atoms with E-state index in [1.54, 1.807) is 6.08 Å². The predicted octanol–water partition coefficient (Wildman–Crippen LogP) is 1.99. The topological polar surface area (TPSA) is 88.9 Å². The molecule has 2 N–H and O–H groups in total. The van der Waals surface area contributed by atoms with Crippen LogP contribution in [0.25, 0.3) is 11.4 Å². The van der Waals surface area contributed by atoms with Gasteiger partial charge in [0.25, 0.3) is 0 Å². The van der Waals surface area contributed by atoms with Gasteiger partial charge in [0.05, 0.1) is 5.75 Å². The number of aryl methyl sites for hydroxylation is 1. The van der Waals surface area contributed by atoms with Crippen molar-refractivity contribution in [3.05, 3.63) is 42.5 Å². The van der Waals surface area contributed by atoms with Crippen LogP contribution >= 0.6 is 11.8 Å². The van der Waals surface area contributed by atoms with Crippen molar-refractivity contribution in [1.29, 1.82) is 0 Å². The summed E-state index contributed by atoms with van der Waals surface area (Å²) >= 11 is 1.22. The minimum Gasteiger partial charge on any atom is -0.341 e. The summed E-state index contributed by atoms with van der Waals surface area (Å²) in [6, 6.07) is 7.42. The van der Waals surface area contributed by atoms with Gasteiger partial charge in [-0.05, 0) is 13.0 Å². The lowest BCUT2D eigenvalue weighted by atomic mass is 10.1. The minimum absolute atomic E-state index is 0.0660. The van der Waals surface area contributed by atoms with Crippen molar-refractivity contribution in [1.82, 2.24) is 25.4 Å². The van der Waals surface area contributed by atoms with Gasteiger partial charge in [-0.3, -0.25) is 14.7 Å². The summed E-state index contributed by atoms with van der Waals surface area (Å²) in [6.45, 7) is 6.29. The highest BCUT2D eigenvalue weighted by molar-refractivity contribution is 7.99. The SMILES string of the molecule is C=CCn1c(SCC(=O)NC(=O)NC)nnc1-c1cccc(C)c1. The Hall–Kier alpha value is -2.61. The van der Waals surface area contributed by atoms with Crippen LogP contribution in [0.2, 0.25) is 0 Å². The summed E-state index contributed by atoms with van der Waals surface area (Å²) in [7, 11) is 1.45. The Labute approximate surface area is 144 Å². The molecule has 8 heteroatoms. The van der Waals surface area contributed by atoms with Crippen molar-refractivity contribution in [2.75, 3.05) is 12.8 Å². The Morgan fingerprint density at radius 1 is 1.38 bits per heavy atom. The molecule has 0 radical (unpaired) electrons. The first kappa shape index (κ1) is 17.7. The number of urea groups is 1. The summed E-state index contributed by atoms with van der Waals surface area (Å²) in [4.78, 5) is 22.8. The number of nitrogens with zero attached hydrogens (tertiary/aromatic N) is 3. The van der Waals surface area contributed by atoms with Crippen LogP contribution in [-0.4, -0.2) is 39.5 Å². The van der Waals surface area contributed by atoms with Gasteiger partial charge in [-0.2, -0.15) is 0 Å². The van der Waals surface area contributed by atoms with E-state index in [1.807, 2.05) is 35.8 Å². The third-order valence-electron chi connectivity index (χ3n) is 3.12. The normalized spacial score (nSPS) is 10.2. The van der Waals surface area contributed by atoms with E-state index in [2.05, 4.69) is 27.4 Å². The molecule has 0 spiro atoms. The number of aromatic nitrogens is 3. The van der Waals surface area contributed by atoms with Gasteiger partial charge in [0, 0.05) is 19.2 Å². The summed E-state index contributed by atoms with van der Waals surface area (Å²) in [5, 5.41) is 13.5. The molecular weight excluding hydrogens is 326 g/mol. The third kappa shape index (κ3) is 4.45. The zero-order valence-corrected chi connectivity index (χ0v) is 14.4. The molecule has 2 rings (SSSR count). The molecule has 0 aliphatic carbocycles. The molecule has 1 heterocycles. The number of allylic oxidation sites excluding steroid dienone is 1. The Bertz CT molecular complexity index is 757. The molecule has 126 valence electrons. The van der Waals surface area contributed by atoms with E-state index in [-0.39, 0.29) is 5.75 Å². The smallest absolute Gasteiger partial charge is 0.321 e. The van der Waals surface area contributed by atoms with Crippen LogP contribution in [0, 0.1) is 6.92 Å². The molecule has 0 bridgehead atoms. The van der Waals surface area contributed by atoms with Crippen molar-refractivity contribution in [2.24, 2.45) is 0 Å². The van der Waals surface area contributed by atoms with Crippen LogP contribution in [0.4, 0.5) is 4.79 Å². The van der Waals surface area contributed by atoms with Crippen molar-refractivity contribution < 1.29 is 9.59 Å². The van der Waals surface area contributed by atoms with E-state index in [4.69, 9.17) is 0 Å². The van der Waals surface area contributed by atoms with Crippen molar-refractivity contribution >= 4 is 23.7 Å². The van der Waals surface area contributed by atoms with E-state index in [0.717, 1.165) is 11.1 Å². The monoisotopic (exact) mass is 345 g/mol. The molecule has 1 aromatic carbocycles. The van der Waals surface area contributed by atoms with Crippen LogP contribution in [-0.2, 0) is 11.3 Å². The Balaban J connectivity index is 2.18. The van der Waals surface area contributed by atoms with E-state index < -0.39 is 11.9 Å². The fraction of sp³-hybridized carbons (Fsp3) is 0.250. The summed E-state index contributed by atoms with van der Waals surface area (Å²) in [5.41, 5.74) is 2.07. The number of hydrogen-bond donors (Lipinski definition) is 2. The quantitative estimate of drug-likeness (QED) is 0.617. The molecule has 3 amide bonds. The van der Waals surface area contributed by atoms with Crippen molar-refractivity contribution in [3.63, 3.8) is 0 Å². The average Bonchev–Trinajstić information content (AvgIpc) is 2.96. The van der Waals surface area contributed by atoms with Gasteiger partial charge in [0.2, 0.25) is 5.91 Å². The lowest BCUT2D eigenvalue weighted by Gasteiger charge is -2.08. The Kier molecular flexibility index (Phi) is 6.14. The molecule has 0 unspecified atom stereocenters. The van der Waals surface area contributed by atoms with Crippen molar-refractivity contribution in [3.8, 4) is 11.4 Å². The van der Waals surface area contributed by atoms with E-state index in [9.17, 15) is 9.59 Å². The number of thioether (sulfide) groups is 1. The lowest BCUT2D eigenvalue weighted by molar-refractivity contribution is -0.117. The predicted molar refractivity (Wildman–Crippen MR) is 93.7 cm³/mol. The second-order valence-corrected chi connectivity index (χ2v) is 5.93. The first-order chi connectivity index (χ1) is 11.5. The van der Waals surface area contributed by atoms with Crippen LogP contribution in [0.3, 0.4) is 0 Å². The molecule has 1 aromatic heterocycles. The molecule has 24 heavy (non-hydrogen) atoms. The highest BCUT2D eigenvalue weighted by Gasteiger charge is 2.15. The number of carbonyl (C=O) groups excluding carboxylic acids is 2. The Morgan fingerprint density at radius 3 is 2.83 bits per heavy atom. The van der Waals surface area contributed by atoms with Gasteiger partial charge in [-0.25, -0.2) is 4.79 Å². The Morgan fingerprint density at radius 2 is 2.17 bits per heavy atom. The summed E-state index contributed by atoms with van der Waals surface area (Å²) in [6.07, 6.45) is 1.75. The molecular formula is C16H19N5O2S. The highest BCUT2D eigenvalue weighted by Crippen LogP contribution is 2.24. The molecule has 2 aromatic rings. The second kappa shape index (κ2) is 8.30. The zero-order valence-electron chi connectivity index (χ0n) is 13.6. The lowest BCUT2D eigenvalue weighted by Crippen LogP contribution is -2.38. The summed E-state index contributed by atoms with van der Waals surface area (Å²) in [5.74, 6) is 0.383. The van der Waals surface area contributed by atoms with Gasteiger partial charge < -0.3 is 5.32 Å². The molecule has 0 aliphatic heterocycles. The van der Waals surface area contributed by atoms with Crippen LogP contribution in [0.5, 0.6) is 0 Å². The third-order valence-corrected chi connectivity index (χ3v) is 4.08. The highest BCUT2D eigenvalue weighted by atomic mass is 32.2. The van der Waals surface area contributed by atoms with Crippen LogP contribution in [0.1, 0.15) is 5.56 Å². The maximum Gasteiger partial charge on any atom is 0.321 e. The number of carbonyl (C=O) groups is 2. The van der Waals surface area contributed by atoms with Crippen LogP contribution < -0.4 is 10.6 Å². The molecule has 7 nitrogen and oxygen atoms in total. The number of hydrogen-bond acceptors (Lipinski definition) is 5. The van der Waals surface area contributed by atoms with E-state index >= 15 is 0 Å². The van der Waals surface area contributed by atoms with Gasteiger partial charge in [0.15, 0.2) is 11.0 Å². The first-order valence-corrected chi connectivity index (χ1v) is 8.29. The van der Waals surface area contributed by atoms with Gasteiger partial charge in [-0.1, -0.05) is 41.6 Å². The number of benzene rings is 1. The molecule has 0 saturated carbocycles. The first-order valence-electron chi connectivity index (χ1n) is 7.30. The maximum atomic E-state index is 11.7. The molecule has 0 aliphatic rings. The number of nitrogens with one attached hydrogen (secondary N) is 2. The fourth-order valence-electron chi connectivity index (χ4n) is 2.04. The van der Waals surface area contributed by atoms with Crippen LogP contribution in [0.15, 0.2) is 42.1 Å². The van der Waals surface area contributed by atoms with Crippen molar-refractivity contribution in [2.45, 2.75) is 18.6 Å². The van der Waals surface area contributed by atoms with E-state index in [0.29, 0.717) is 17.5 Å². The maximum absolute atomic E-state index is 11.7. The second-order valence-electron chi connectivity index (χ2n) is 4.99. The average molecular weight is 345 g/mol. The minimum atomic E-state index is -0.534. The molecule has 0 atom stereocenters. The number of amides is 3. The summed E-state index contributed by atoms with van der Waals surface area (Å²) < 4.78 is 1.89.